The van der Waals surface area contributed by atoms with Gasteiger partial charge in [-0.15, -0.1) is 10.2 Å². The van der Waals surface area contributed by atoms with Crippen LogP contribution in [0, 0.1) is 0 Å². The monoisotopic (exact) mass is 416 g/mol. The highest BCUT2D eigenvalue weighted by Gasteiger charge is 2.24. The number of ether oxygens (including phenoxy) is 1. The van der Waals surface area contributed by atoms with Gasteiger partial charge in [0.1, 0.15) is 5.76 Å². The molecule has 4 rings (SSSR count). The quantitative estimate of drug-likeness (QED) is 0.631. The van der Waals surface area contributed by atoms with Crippen LogP contribution >= 0.6 is 27.7 Å². The van der Waals surface area contributed by atoms with Crippen molar-refractivity contribution in [2.24, 2.45) is 0 Å². The van der Waals surface area contributed by atoms with E-state index < -0.39 is 6.23 Å². The van der Waals surface area contributed by atoms with Crippen LogP contribution < -0.4 is 10.1 Å². The molecular formula is C17H13BrN4O2S. The van der Waals surface area contributed by atoms with Crippen molar-refractivity contribution in [3.8, 4) is 17.1 Å². The normalized spacial score (nSPS) is 15.8. The number of nitrogens with zero attached hydrogens (tertiary/aromatic N) is 3. The summed E-state index contributed by atoms with van der Waals surface area (Å²) in [6.45, 7) is 0. The average molecular weight is 417 g/mol. The SMILES string of the molecule is CSc1nnc2c(n1)O[C@@H](/C=C\c1ccco1)Nc1ccc(Br)cc1-2. The average Bonchev–Trinajstić information content (AvgIpc) is 3.09. The third-order valence-corrected chi connectivity index (χ3v) is 4.60. The number of aromatic nitrogens is 3. The number of rotatable bonds is 3. The number of benzene rings is 1. The summed E-state index contributed by atoms with van der Waals surface area (Å²) in [5.41, 5.74) is 2.38. The van der Waals surface area contributed by atoms with Gasteiger partial charge in [-0.1, -0.05) is 27.7 Å². The molecule has 1 aliphatic rings. The van der Waals surface area contributed by atoms with Crippen LogP contribution in [-0.4, -0.2) is 27.7 Å². The van der Waals surface area contributed by atoms with Gasteiger partial charge in [0.2, 0.25) is 11.0 Å². The molecule has 3 aromatic rings. The van der Waals surface area contributed by atoms with Gasteiger partial charge in [0.15, 0.2) is 11.9 Å². The Morgan fingerprint density at radius 3 is 3.00 bits per heavy atom. The smallest absolute Gasteiger partial charge is 0.247 e. The highest BCUT2D eigenvalue weighted by Crippen LogP contribution is 2.38. The molecule has 8 heteroatoms. The molecule has 0 fully saturated rings. The molecule has 0 aliphatic carbocycles. The fourth-order valence-electron chi connectivity index (χ4n) is 2.43. The molecule has 3 heterocycles. The molecule has 0 spiro atoms. The number of furan rings is 1. The lowest BCUT2D eigenvalue weighted by molar-refractivity contribution is 0.266. The molecule has 25 heavy (non-hydrogen) atoms. The minimum atomic E-state index is -0.419. The first-order valence-corrected chi connectivity index (χ1v) is 9.48. The first-order chi connectivity index (χ1) is 12.2. The maximum atomic E-state index is 6.04. The van der Waals surface area contributed by atoms with E-state index >= 15 is 0 Å². The van der Waals surface area contributed by atoms with Gasteiger partial charge < -0.3 is 14.5 Å². The number of hydrogen-bond acceptors (Lipinski definition) is 7. The molecule has 0 unspecified atom stereocenters. The Bertz CT molecular complexity index is 930. The lowest BCUT2D eigenvalue weighted by Gasteiger charge is -2.15. The summed E-state index contributed by atoms with van der Waals surface area (Å²) < 4.78 is 12.3. The van der Waals surface area contributed by atoms with Gasteiger partial charge in [0.05, 0.1) is 6.26 Å². The second-order valence-corrected chi connectivity index (χ2v) is 6.89. The van der Waals surface area contributed by atoms with Gasteiger partial charge in [-0.05, 0) is 48.7 Å². The number of hydrogen-bond donors (Lipinski definition) is 1. The van der Waals surface area contributed by atoms with Crippen molar-refractivity contribution in [2.75, 3.05) is 11.6 Å². The maximum Gasteiger partial charge on any atom is 0.247 e. The standard InChI is InChI=1S/C17H13BrN4O2S/c1-25-17-20-16-15(21-22-17)12-9-10(18)4-6-13(12)19-14(24-16)7-5-11-3-2-8-23-11/h2-9,14,19H,1H3/b7-5-/t14-/m0/s1. The molecule has 6 nitrogen and oxygen atoms in total. The highest BCUT2D eigenvalue weighted by molar-refractivity contribution is 9.10. The van der Waals surface area contributed by atoms with Gasteiger partial charge in [-0.2, -0.15) is 4.98 Å². The number of thioether (sulfide) groups is 1. The van der Waals surface area contributed by atoms with Crippen LogP contribution in [0.2, 0.25) is 0 Å². The largest absolute Gasteiger partial charge is 0.465 e. The molecule has 1 aromatic carbocycles. The molecule has 126 valence electrons. The van der Waals surface area contributed by atoms with E-state index in [1.165, 1.54) is 11.8 Å². The van der Waals surface area contributed by atoms with Crippen molar-refractivity contribution in [1.29, 1.82) is 0 Å². The number of fused-ring (bicyclic) bond motifs is 3. The van der Waals surface area contributed by atoms with Crippen molar-refractivity contribution < 1.29 is 9.15 Å². The van der Waals surface area contributed by atoms with Crippen LogP contribution in [0.5, 0.6) is 5.88 Å². The fraction of sp³-hybridized carbons (Fsp3) is 0.118. The Balaban J connectivity index is 1.77. The molecule has 1 aliphatic heterocycles. The van der Waals surface area contributed by atoms with E-state index in [0.29, 0.717) is 16.7 Å². The van der Waals surface area contributed by atoms with Crippen LogP contribution in [-0.2, 0) is 0 Å². The molecule has 0 amide bonds. The number of anilines is 1. The molecule has 0 radical (unpaired) electrons. The van der Waals surface area contributed by atoms with Crippen LogP contribution in [0.3, 0.4) is 0 Å². The summed E-state index contributed by atoms with van der Waals surface area (Å²) in [6.07, 6.45) is 6.84. The summed E-state index contributed by atoms with van der Waals surface area (Å²) in [4.78, 5) is 4.47. The number of halogens is 1. The second kappa shape index (κ2) is 6.89. The van der Waals surface area contributed by atoms with E-state index in [9.17, 15) is 0 Å². The van der Waals surface area contributed by atoms with E-state index in [-0.39, 0.29) is 0 Å². The first kappa shape index (κ1) is 16.2. The molecule has 0 bridgehead atoms. The van der Waals surface area contributed by atoms with E-state index in [4.69, 9.17) is 9.15 Å². The Kier molecular flexibility index (Phi) is 4.46. The zero-order valence-electron chi connectivity index (χ0n) is 13.1. The van der Waals surface area contributed by atoms with E-state index in [0.717, 1.165) is 21.5 Å². The molecule has 1 N–H and O–H groups in total. The molecule has 2 aromatic heterocycles. The number of nitrogens with one attached hydrogen (secondary N) is 1. The highest BCUT2D eigenvalue weighted by atomic mass is 79.9. The zero-order chi connectivity index (χ0) is 17.2. The van der Waals surface area contributed by atoms with Crippen molar-refractivity contribution in [3.63, 3.8) is 0 Å². The lowest BCUT2D eigenvalue weighted by atomic mass is 10.1. The van der Waals surface area contributed by atoms with E-state index in [1.807, 2.05) is 48.7 Å². The Labute approximate surface area is 156 Å². The molecule has 0 saturated carbocycles. The van der Waals surface area contributed by atoms with Gasteiger partial charge in [-0.25, -0.2) is 0 Å². The maximum absolute atomic E-state index is 6.04. The third kappa shape index (κ3) is 3.40. The predicted octanol–water partition coefficient (Wildman–Crippen LogP) is 4.46. The molecule has 1 atom stereocenters. The zero-order valence-corrected chi connectivity index (χ0v) is 15.5. The van der Waals surface area contributed by atoms with Crippen molar-refractivity contribution in [2.45, 2.75) is 11.4 Å². The van der Waals surface area contributed by atoms with Crippen LogP contribution in [0.4, 0.5) is 5.69 Å². The van der Waals surface area contributed by atoms with Gasteiger partial charge >= 0.3 is 0 Å². The van der Waals surface area contributed by atoms with Gasteiger partial charge in [-0.3, -0.25) is 0 Å². The fourth-order valence-corrected chi connectivity index (χ4v) is 3.09. The summed E-state index contributed by atoms with van der Waals surface area (Å²) in [5, 5.41) is 12.4. The summed E-state index contributed by atoms with van der Waals surface area (Å²) >= 11 is 4.92. The Morgan fingerprint density at radius 1 is 1.28 bits per heavy atom. The summed E-state index contributed by atoms with van der Waals surface area (Å²) in [7, 11) is 0. The van der Waals surface area contributed by atoms with Crippen molar-refractivity contribution >= 4 is 39.5 Å². The topological polar surface area (TPSA) is 73.1 Å². The summed E-state index contributed by atoms with van der Waals surface area (Å²) in [6, 6.07) is 9.61. The Hall–Kier alpha value is -2.32. The van der Waals surface area contributed by atoms with E-state index in [2.05, 4.69) is 36.4 Å². The van der Waals surface area contributed by atoms with Gasteiger partial charge in [0.25, 0.3) is 0 Å². The van der Waals surface area contributed by atoms with Crippen molar-refractivity contribution in [1.82, 2.24) is 15.2 Å². The van der Waals surface area contributed by atoms with Gasteiger partial charge in [0, 0.05) is 15.7 Å². The predicted molar refractivity (Wildman–Crippen MR) is 101 cm³/mol. The second-order valence-electron chi connectivity index (χ2n) is 5.20. The molecular weight excluding hydrogens is 404 g/mol. The van der Waals surface area contributed by atoms with E-state index in [1.54, 1.807) is 6.26 Å². The minimum absolute atomic E-state index is 0.419. The lowest BCUT2D eigenvalue weighted by Crippen LogP contribution is -2.23. The third-order valence-electron chi connectivity index (χ3n) is 3.57. The van der Waals surface area contributed by atoms with Crippen LogP contribution in [0.15, 0.2) is 56.7 Å². The molecule has 0 saturated heterocycles. The van der Waals surface area contributed by atoms with Crippen LogP contribution in [0.25, 0.3) is 17.3 Å². The van der Waals surface area contributed by atoms with Crippen molar-refractivity contribution in [3.05, 3.63) is 52.9 Å². The minimum Gasteiger partial charge on any atom is -0.465 e. The summed E-state index contributed by atoms with van der Waals surface area (Å²) in [5.74, 6) is 1.19. The van der Waals surface area contributed by atoms with Crippen LogP contribution in [0.1, 0.15) is 5.76 Å². The Morgan fingerprint density at radius 2 is 2.20 bits per heavy atom. The first-order valence-electron chi connectivity index (χ1n) is 7.46.